The topological polar surface area (TPSA) is 193 Å². The summed E-state index contributed by atoms with van der Waals surface area (Å²) < 4.78 is 22.6. The third-order valence-corrected chi connectivity index (χ3v) is 20.2. The van der Waals surface area contributed by atoms with Gasteiger partial charge in [-0.25, -0.2) is 19.6 Å². The molecule has 0 aliphatic heterocycles. The molecule has 16 nitrogen and oxygen atoms in total. The number of aromatic nitrogens is 4. The fourth-order valence-electron chi connectivity index (χ4n) is 13.8. The molecule has 0 saturated heterocycles. The Morgan fingerprint density at radius 3 is 0.710 bits per heavy atom. The van der Waals surface area contributed by atoms with E-state index in [-0.39, 0.29) is 64.3 Å². The zero-order chi connectivity index (χ0) is 71.8. The third-order valence-electron chi connectivity index (χ3n) is 20.2. The highest BCUT2D eigenvalue weighted by atomic mass is 16.6. The van der Waals surface area contributed by atoms with Crippen molar-refractivity contribution in [3.05, 3.63) is 36.4 Å². The molecule has 16 heteroatoms. The van der Waals surface area contributed by atoms with Gasteiger partial charge in [-0.15, -0.1) is 0 Å². The maximum atomic E-state index is 14.5. The van der Waals surface area contributed by atoms with Gasteiger partial charge in [-0.1, -0.05) is 362 Å². The molecule has 0 saturated carbocycles. The molecule has 2 aromatic heterocycles. The zero-order valence-corrected chi connectivity index (χ0v) is 65.6. The fraction of sp³-hybridized carbons (Fsp3) is 0.881. The van der Waals surface area contributed by atoms with Crippen LogP contribution in [0.15, 0.2) is 25.0 Å². The van der Waals surface area contributed by atoms with Crippen LogP contribution in [0.2, 0.25) is 0 Å². The van der Waals surface area contributed by atoms with Gasteiger partial charge in [0.05, 0.1) is 39.1 Å². The van der Waals surface area contributed by atoms with E-state index in [0.29, 0.717) is 26.2 Å². The maximum absolute atomic E-state index is 14.5. The predicted molar refractivity (Wildman–Crippen MR) is 417 cm³/mol. The first-order valence-corrected chi connectivity index (χ1v) is 42.9. The highest BCUT2D eigenvalue weighted by Gasteiger charge is 2.29. The Balaban J connectivity index is 1.86. The molecular formula is C84H158N8O8. The second-order valence-electron chi connectivity index (χ2n) is 29.5. The van der Waals surface area contributed by atoms with E-state index in [0.717, 1.165) is 62.8 Å². The van der Waals surface area contributed by atoms with E-state index >= 15 is 0 Å². The van der Waals surface area contributed by atoms with Gasteiger partial charge in [0, 0.05) is 62.8 Å². The maximum Gasteiger partial charge on any atom is 0.407 e. The zero-order valence-electron chi connectivity index (χ0n) is 65.6. The van der Waals surface area contributed by atoms with Gasteiger partial charge in [-0.05, 0) is 25.7 Å². The van der Waals surface area contributed by atoms with E-state index in [1.807, 2.05) is 9.80 Å². The number of ether oxygens (including phenoxy) is 4. The van der Waals surface area contributed by atoms with Crippen molar-refractivity contribution in [2.24, 2.45) is 0 Å². The van der Waals surface area contributed by atoms with Crippen molar-refractivity contribution in [3.63, 3.8) is 0 Å². The molecule has 0 bridgehead atoms. The Labute approximate surface area is 614 Å². The van der Waals surface area contributed by atoms with Crippen LogP contribution in [-0.2, 0) is 41.4 Å². The Kier molecular flexibility index (Phi) is 66.0. The standard InChI is InChI=1S/C84H158N8O8/c1-5-9-13-17-21-25-29-33-37-41-45-49-53-57-61-91(62-58-54-50-46-42-38-34-30-26-22-18-14-10-6-2)81(93)79(71-77-73-85-75-87-77)89-83(95)99-69-67-97-65-66-98-68-70-100-84(96)90-80(72-78-74-86-76-88-78)82(94)92(63-59-55-51-47-43-39-35-31-27-23-19-15-11-7-3)64-60-56-52-48-44-40-36-32-28-24-20-16-12-8-4/h73-76,79-80H,5-72H2,1-4H3,(H,85,87)(H,86,88)(H,89,95)(H,90,96). The van der Waals surface area contributed by atoms with Crippen LogP contribution < -0.4 is 10.6 Å². The van der Waals surface area contributed by atoms with Crippen molar-refractivity contribution < 1.29 is 38.1 Å². The van der Waals surface area contributed by atoms with Crippen molar-refractivity contribution in [2.45, 2.75) is 412 Å². The van der Waals surface area contributed by atoms with Crippen molar-refractivity contribution >= 4 is 24.0 Å². The predicted octanol–water partition coefficient (Wildman–Crippen LogP) is 22.7. The molecule has 0 aliphatic rings. The number of rotatable bonds is 77. The normalized spacial score (nSPS) is 12.1. The van der Waals surface area contributed by atoms with Gasteiger partial charge in [0.1, 0.15) is 25.3 Å². The average Bonchev–Trinajstić information content (AvgIpc) is 1.46. The molecule has 4 amide bonds. The number of unbranched alkanes of at least 4 members (excludes halogenated alkanes) is 52. The lowest BCUT2D eigenvalue weighted by molar-refractivity contribution is -0.134. The van der Waals surface area contributed by atoms with Crippen LogP contribution in [0.3, 0.4) is 0 Å². The Morgan fingerprint density at radius 1 is 0.310 bits per heavy atom. The Morgan fingerprint density at radius 2 is 0.510 bits per heavy atom. The van der Waals surface area contributed by atoms with Gasteiger partial charge in [0.25, 0.3) is 0 Å². The van der Waals surface area contributed by atoms with E-state index in [9.17, 15) is 19.2 Å². The molecule has 0 spiro atoms. The number of alkyl carbamates (subject to hydrolysis) is 2. The van der Waals surface area contributed by atoms with Crippen molar-refractivity contribution in [2.75, 3.05) is 65.8 Å². The van der Waals surface area contributed by atoms with E-state index in [1.165, 1.54) is 308 Å². The lowest BCUT2D eigenvalue weighted by Crippen LogP contribution is -2.50. The molecule has 0 aromatic carbocycles. The number of nitrogens with zero attached hydrogens (tertiary/aromatic N) is 4. The largest absolute Gasteiger partial charge is 0.447 e. The van der Waals surface area contributed by atoms with Crippen LogP contribution in [0.25, 0.3) is 0 Å². The van der Waals surface area contributed by atoms with Gasteiger partial charge in [0.15, 0.2) is 0 Å². The van der Waals surface area contributed by atoms with E-state index in [4.69, 9.17) is 18.9 Å². The molecule has 100 heavy (non-hydrogen) atoms. The molecule has 2 unspecified atom stereocenters. The molecule has 0 aliphatic carbocycles. The lowest BCUT2D eigenvalue weighted by Gasteiger charge is -2.28. The van der Waals surface area contributed by atoms with Crippen LogP contribution in [0.1, 0.15) is 399 Å². The van der Waals surface area contributed by atoms with Gasteiger partial charge >= 0.3 is 12.2 Å². The van der Waals surface area contributed by atoms with Crippen LogP contribution in [0.4, 0.5) is 9.59 Å². The molecule has 2 heterocycles. The molecule has 4 N–H and O–H groups in total. The summed E-state index contributed by atoms with van der Waals surface area (Å²) >= 11 is 0. The molecule has 2 atom stereocenters. The minimum absolute atomic E-state index is 0.00334. The Bertz CT molecular complexity index is 1840. The van der Waals surface area contributed by atoms with E-state index < -0.39 is 24.3 Å². The first-order chi connectivity index (χ1) is 49.3. The first-order valence-electron chi connectivity index (χ1n) is 42.9. The summed E-state index contributed by atoms with van der Waals surface area (Å²) in [7, 11) is 0. The minimum atomic E-state index is -0.811. The molecule has 2 rings (SSSR count). The summed E-state index contributed by atoms with van der Waals surface area (Å²) in [6.07, 6.45) is 77.6. The van der Waals surface area contributed by atoms with Crippen LogP contribution >= 0.6 is 0 Å². The minimum Gasteiger partial charge on any atom is -0.447 e. The smallest absolute Gasteiger partial charge is 0.407 e. The number of carbonyl (C=O) groups is 4. The molecular weight excluding hydrogens is 1250 g/mol. The van der Waals surface area contributed by atoms with E-state index in [1.54, 1.807) is 25.0 Å². The first kappa shape index (κ1) is 91.9. The number of H-pyrrole nitrogens is 2. The van der Waals surface area contributed by atoms with Crippen LogP contribution in [0, 0.1) is 0 Å². The van der Waals surface area contributed by atoms with Crippen molar-refractivity contribution in [1.82, 2.24) is 40.4 Å². The second kappa shape index (κ2) is 71.8. The molecule has 0 radical (unpaired) electrons. The number of carbonyl (C=O) groups excluding carboxylic acids is 4. The number of amides is 4. The summed E-state index contributed by atoms with van der Waals surface area (Å²) in [5, 5.41) is 5.81. The third kappa shape index (κ3) is 57.3. The van der Waals surface area contributed by atoms with Crippen molar-refractivity contribution in [3.8, 4) is 0 Å². The van der Waals surface area contributed by atoms with Crippen molar-refractivity contribution in [1.29, 1.82) is 0 Å². The SMILES string of the molecule is CCCCCCCCCCCCCCCCN(CCCCCCCCCCCCCCCC)C(=O)C(Cc1cnc[nH]1)NC(=O)OCCOCCOCCOC(=O)NC(Cc1cnc[nH]1)C(=O)N(CCCCCCCCCCCCCCCC)CCCCCCCCCCCCCCCC. The highest BCUT2D eigenvalue weighted by Crippen LogP contribution is 2.20. The summed E-state index contributed by atoms with van der Waals surface area (Å²) in [5.74, 6) is -0.174. The Hall–Kier alpha value is -4.18. The number of hydrogen-bond donors (Lipinski definition) is 4. The number of hydrogen-bond acceptors (Lipinski definition) is 10. The molecule has 0 fully saturated rings. The molecule has 582 valence electrons. The summed E-state index contributed by atoms with van der Waals surface area (Å²) in [5.41, 5.74) is 1.53. The van der Waals surface area contributed by atoms with Gasteiger partial charge in [-0.3, -0.25) is 9.59 Å². The van der Waals surface area contributed by atoms with Gasteiger partial charge in [0.2, 0.25) is 11.8 Å². The summed E-state index contributed by atoms with van der Waals surface area (Å²) in [4.78, 5) is 74.4. The lowest BCUT2D eigenvalue weighted by atomic mass is 10.0. The quantitative estimate of drug-likeness (QED) is 0.0463. The number of nitrogens with one attached hydrogen (secondary N) is 4. The number of aromatic amines is 2. The highest BCUT2D eigenvalue weighted by molar-refractivity contribution is 5.86. The summed E-state index contributed by atoms with van der Waals surface area (Å²) in [6.45, 7) is 12.6. The van der Waals surface area contributed by atoms with Gasteiger partial charge in [-0.2, -0.15) is 0 Å². The number of imidazole rings is 2. The van der Waals surface area contributed by atoms with Crippen LogP contribution in [0.5, 0.6) is 0 Å². The van der Waals surface area contributed by atoms with Gasteiger partial charge < -0.3 is 49.3 Å². The van der Waals surface area contributed by atoms with Crippen LogP contribution in [-0.4, -0.2) is 132 Å². The monoisotopic (exact) mass is 1410 g/mol. The average molecular weight is 1410 g/mol. The second-order valence-corrected chi connectivity index (χ2v) is 29.5. The fourth-order valence-corrected chi connectivity index (χ4v) is 13.8. The van der Waals surface area contributed by atoms with E-state index in [2.05, 4.69) is 58.3 Å². The summed E-state index contributed by atoms with van der Waals surface area (Å²) in [6, 6.07) is -1.62. The molecule has 2 aromatic rings.